The molecule has 88 valence electrons. The van der Waals surface area contributed by atoms with Crippen LogP contribution in [0.2, 0.25) is 0 Å². The molecule has 0 aliphatic heterocycles. The van der Waals surface area contributed by atoms with Crippen molar-refractivity contribution in [3.05, 3.63) is 23.8 Å². The molecule has 0 unspecified atom stereocenters. The van der Waals surface area contributed by atoms with Crippen LogP contribution in [-0.2, 0) is 4.79 Å². The molecule has 1 aromatic carbocycles. The molecule has 0 aromatic heterocycles. The van der Waals surface area contributed by atoms with Gasteiger partial charge in [0, 0.05) is 5.69 Å². The zero-order valence-electron chi connectivity index (χ0n) is 9.91. The van der Waals surface area contributed by atoms with Crippen molar-refractivity contribution in [3.63, 3.8) is 0 Å². The second-order valence-electron chi connectivity index (χ2n) is 3.90. The predicted octanol–water partition coefficient (Wildman–Crippen LogP) is 1.68. The molecule has 0 aliphatic carbocycles. The molecule has 1 aromatic rings. The second kappa shape index (κ2) is 5.51. The number of hydrogen-bond acceptors (Lipinski definition) is 3. The lowest BCUT2D eigenvalue weighted by Gasteiger charge is -2.13. The summed E-state index contributed by atoms with van der Waals surface area (Å²) in [5, 5.41) is 2.69. The first-order valence-corrected chi connectivity index (χ1v) is 5.30. The van der Waals surface area contributed by atoms with Crippen molar-refractivity contribution in [2.75, 3.05) is 11.9 Å². The van der Waals surface area contributed by atoms with Gasteiger partial charge in [0.2, 0.25) is 5.91 Å². The van der Waals surface area contributed by atoms with Crippen LogP contribution in [0, 0.1) is 6.92 Å². The number of anilines is 1. The number of carbonyl (C=O) groups is 1. The largest absolute Gasteiger partial charge is 0.491 e. The van der Waals surface area contributed by atoms with Gasteiger partial charge in [0.05, 0.1) is 12.6 Å². The lowest BCUT2D eigenvalue weighted by molar-refractivity contribution is -0.114. The van der Waals surface area contributed by atoms with Crippen LogP contribution >= 0.6 is 0 Å². The van der Waals surface area contributed by atoms with Gasteiger partial charge in [0.15, 0.2) is 0 Å². The van der Waals surface area contributed by atoms with E-state index in [4.69, 9.17) is 10.5 Å². The molecule has 0 bridgehead atoms. The minimum Gasteiger partial charge on any atom is -0.491 e. The maximum atomic E-state index is 11.1. The summed E-state index contributed by atoms with van der Waals surface area (Å²) in [5.41, 5.74) is 6.95. The van der Waals surface area contributed by atoms with Crippen LogP contribution in [0.15, 0.2) is 18.2 Å². The number of aryl methyl sites for hydroxylation is 1. The monoisotopic (exact) mass is 222 g/mol. The first kappa shape index (κ1) is 12.5. The molecule has 1 amide bonds. The SMILES string of the molecule is Cc1cc(NC(=O)CN)ccc1OC(C)C. The van der Waals surface area contributed by atoms with E-state index in [0.29, 0.717) is 0 Å². The van der Waals surface area contributed by atoms with Gasteiger partial charge in [-0.1, -0.05) is 0 Å². The quantitative estimate of drug-likeness (QED) is 0.814. The normalized spacial score (nSPS) is 10.3. The molecule has 0 atom stereocenters. The Kier molecular flexibility index (Phi) is 4.31. The Labute approximate surface area is 95.8 Å². The molecule has 0 radical (unpaired) electrons. The second-order valence-corrected chi connectivity index (χ2v) is 3.90. The van der Waals surface area contributed by atoms with Crippen molar-refractivity contribution < 1.29 is 9.53 Å². The van der Waals surface area contributed by atoms with Crippen LogP contribution in [0.25, 0.3) is 0 Å². The first-order valence-electron chi connectivity index (χ1n) is 5.30. The molecule has 1 rings (SSSR count). The van der Waals surface area contributed by atoms with Crippen LogP contribution in [-0.4, -0.2) is 18.6 Å². The number of carbonyl (C=O) groups excluding carboxylic acids is 1. The number of nitrogens with two attached hydrogens (primary N) is 1. The average molecular weight is 222 g/mol. The Balaban J connectivity index is 2.78. The van der Waals surface area contributed by atoms with Gasteiger partial charge in [0.25, 0.3) is 0 Å². The fraction of sp³-hybridized carbons (Fsp3) is 0.417. The molecule has 4 nitrogen and oxygen atoms in total. The van der Waals surface area contributed by atoms with Crippen molar-refractivity contribution in [3.8, 4) is 5.75 Å². The van der Waals surface area contributed by atoms with Crippen LogP contribution in [0.5, 0.6) is 5.75 Å². The lowest BCUT2D eigenvalue weighted by atomic mass is 10.2. The Bertz CT molecular complexity index is 375. The van der Waals surface area contributed by atoms with E-state index in [1.54, 1.807) is 6.07 Å². The van der Waals surface area contributed by atoms with Gasteiger partial charge in [0.1, 0.15) is 5.75 Å². The smallest absolute Gasteiger partial charge is 0.238 e. The molecular formula is C12H18N2O2. The Hall–Kier alpha value is -1.55. The van der Waals surface area contributed by atoms with Gasteiger partial charge in [-0.2, -0.15) is 0 Å². The van der Waals surface area contributed by atoms with E-state index in [1.165, 1.54) is 0 Å². The summed E-state index contributed by atoms with van der Waals surface area (Å²) in [7, 11) is 0. The summed E-state index contributed by atoms with van der Waals surface area (Å²) in [6.07, 6.45) is 0.142. The summed E-state index contributed by atoms with van der Waals surface area (Å²) >= 11 is 0. The van der Waals surface area contributed by atoms with E-state index in [-0.39, 0.29) is 18.6 Å². The number of amides is 1. The van der Waals surface area contributed by atoms with Gasteiger partial charge in [-0.25, -0.2) is 0 Å². The minimum atomic E-state index is -0.197. The summed E-state index contributed by atoms with van der Waals surface area (Å²) in [5.74, 6) is 0.637. The summed E-state index contributed by atoms with van der Waals surface area (Å²) in [6, 6.07) is 5.52. The zero-order valence-corrected chi connectivity index (χ0v) is 9.91. The maximum absolute atomic E-state index is 11.1. The van der Waals surface area contributed by atoms with Crippen molar-refractivity contribution in [2.24, 2.45) is 5.73 Å². The third-order valence-electron chi connectivity index (χ3n) is 2.01. The highest BCUT2D eigenvalue weighted by Crippen LogP contribution is 2.22. The van der Waals surface area contributed by atoms with E-state index in [9.17, 15) is 4.79 Å². The van der Waals surface area contributed by atoms with Gasteiger partial charge in [-0.15, -0.1) is 0 Å². The number of benzene rings is 1. The minimum absolute atomic E-state index is 0.0106. The first-order chi connectivity index (χ1) is 7.52. The third kappa shape index (κ3) is 3.55. The number of nitrogens with one attached hydrogen (secondary N) is 1. The van der Waals surface area contributed by atoms with Crippen molar-refractivity contribution >= 4 is 11.6 Å². The van der Waals surface area contributed by atoms with E-state index in [0.717, 1.165) is 17.0 Å². The number of rotatable bonds is 4. The van der Waals surface area contributed by atoms with Crippen LogP contribution in [0.3, 0.4) is 0 Å². The molecule has 0 fully saturated rings. The van der Waals surface area contributed by atoms with Gasteiger partial charge < -0.3 is 15.8 Å². The highest BCUT2D eigenvalue weighted by molar-refractivity contribution is 5.92. The predicted molar refractivity (Wildman–Crippen MR) is 64.6 cm³/mol. The number of ether oxygens (including phenoxy) is 1. The van der Waals surface area contributed by atoms with Gasteiger partial charge in [-0.3, -0.25) is 4.79 Å². The maximum Gasteiger partial charge on any atom is 0.238 e. The van der Waals surface area contributed by atoms with Crippen molar-refractivity contribution in [1.29, 1.82) is 0 Å². The molecule has 0 spiro atoms. The molecule has 0 heterocycles. The molecule has 0 saturated carbocycles. The highest BCUT2D eigenvalue weighted by Gasteiger charge is 2.04. The molecular weight excluding hydrogens is 204 g/mol. The standard InChI is InChI=1S/C12H18N2O2/c1-8(2)16-11-5-4-10(6-9(11)3)14-12(15)7-13/h4-6,8H,7,13H2,1-3H3,(H,14,15). The van der Waals surface area contributed by atoms with E-state index < -0.39 is 0 Å². The Morgan fingerprint density at radius 1 is 1.50 bits per heavy atom. The van der Waals surface area contributed by atoms with Crippen molar-refractivity contribution in [1.82, 2.24) is 0 Å². The molecule has 3 N–H and O–H groups in total. The molecule has 0 aliphatic rings. The third-order valence-corrected chi connectivity index (χ3v) is 2.01. The van der Waals surface area contributed by atoms with Gasteiger partial charge >= 0.3 is 0 Å². The van der Waals surface area contributed by atoms with Crippen LogP contribution in [0.1, 0.15) is 19.4 Å². The summed E-state index contributed by atoms with van der Waals surface area (Å²) in [6.45, 7) is 5.88. The Morgan fingerprint density at radius 2 is 2.19 bits per heavy atom. The molecule has 16 heavy (non-hydrogen) atoms. The van der Waals surface area contributed by atoms with Crippen molar-refractivity contribution in [2.45, 2.75) is 26.9 Å². The summed E-state index contributed by atoms with van der Waals surface area (Å²) < 4.78 is 5.59. The fourth-order valence-corrected chi connectivity index (χ4v) is 1.33. The number of hydrogen-bond donors (Lipinski definition) is 2. The molecule has 0 saturated heterocycles. The van der Waals surface area contributed by atoms with Gasteiger partial charge in [-0.05, 0) is 44.5 Å². The lowest BCUT2D eigenvalue weighted by Crippen LogP contribution is -2.21. The topological polar surface area (TPSA) is 64.4 Å². The zero-order chi connectivity index (χ0) is 12.1. The van der Waals surface area contributed by atoms with E-state index in [2.05, 4.69) is 5.32 Å². The molecule has 4 heteroatoms. The van der Waals surface area contributed by atoms with E-state index in [1.807, 2.05) is 32.9 Å². The van der Waals surface area contributed by atoms with E-state index >= 15 is 0 Å². The fourth-order valence-electron chi connectivity index (χ4n) is 1.33. The summed E-state index contributed by atoms with van der Waals surface area (Å²) in [4.78, 5) is 11.1. The van der Waals surface area contributed by atoms with Crippen LogP contribution in [0.4, 0.5) is 5.69 Å². The highest BCUT2D eigenvalue weighted by atomic mass is 16.5. The Morgan fingerprint density at radius 3 is 2.69 bits per heavy atom. The average Bonchev–Trinajstić information content (AvgIpc) is 2.21. The van der Waals surface area contributed by atoms with Crippen LogP contribution < -0.4 is 15.8 Å².